The molecule has 0 spiro atoms. The summed E-state index contributed by atoms with van der Waals surface area (Å²) in [6.45, 7) is 0. The van der Waals surface area contributed by atoms with Crippen molar-refractivity contribution in [1.29, 1.82) is 0 Å². The number of hydrazine groups is 1. The van der Waals surface area contributed by atoms with Crippen molar-refractivity contribution in [3.8, 4) is 0 Å². The molecule has 1 heterocycles. The number of rotatable bonds is 2. The summed E-state index contributed by atoms with van der Waals surface area (Å²) < 4.78 is 52.0. The number of nitrogens with one attached hydrogen (secondary N) is 1. The van der Waals surface area contributed by atoms with Crippen LogP contribution in [0.5, 0.6) is 0 Å². The summed E-state index contributed by atoms with van der Waals surface area (Å²) in [7, 11) is 0. The molecule has 1 aromatic carbocycles. The minimum absolute atomic E-state index is 0.0283. The summed E-state index contributed by atoms with van der Waals surface area (Å²) in [5, 5.41) is -0.0283. The zero-order valence-electron chi connectivity index (χ0n) is 8.65. The molecule has 0 fully saturated rings. The van der Waals surface area contributed by atoms with E-state index < -0.39 is 23.8 Å². The van der Waals surface area contributed by atoms with Crippen LogP contribution in [0.2, 0.25) is 0 Å². The molecule has 0 saturated carbocycles. The second-order valence-corrected chi connectivity index (χ2v) is 4.21. The maximum Gasteiger partial charge on any atom is 0.280 e. The number of nitrogens with two attached hydrogens (primary N) is 1. The van der Waals surface area contributed by atoms with E-state index in [-0.39, 0.29) is 21.1 Å². The monoisotopic (exact) mass is 323 g/mol. The van der Waals surface area contributed by atoms with Gasteiger partial charge in [0.25, 0.3) is 6.43 Å². The molecule has 3 nitrogen and oxygen atoms in total. The lowest BCUT2D eigenvalue weighted by Gasteiger charge is -2.11. The van der Waals surface area contributed by atoms with Gasteiger partial charge in [-0.1, -0.05) is 0 Å². The molecule has 0 aliphatic carbocycles. The molecular formula is C10H6BrF4N3. The first-order valence-electron chi connectivity index (χ1n) is 4.68. The number of hydrogen-bond acceptors (Lipinski definition) is 3. The number of nitrogen functional groups attached to an aromatic ring is 1. The Kier molecular flexibility index (Phi) is 3.40. The largest absolute Gasteiger partial charge is 0.323 e. The Morgan fingerprint density at radius 3 is 2.44 bits per heavy atom. The van der Waals surface area contributed by atoms with E-state index >= 15 is 0 Å². The van der Waals surface area contributed by atoms with Gasteiger partial charge in [-0.15, -0.1) is 0 Å². The third-order valence-corrected chi connectivity index (χ3v) is 3.10. The van der Waals surface area contributed by atoms with E-state index in [1.165, 1.54) is 0 Å². The van der Waals surface area contributed by atoms with Crippen LogP contribution < -0.4 is 11.3 Å². The summed E-state index contributed by atoms with van der Waals surface area (Å²) in [5.74, 6) is 3.26. The van der Waals surface area contributed by atoms with E-state index in [4.69, 9.17) is 5.84 Å². The van der Waals surface area contributed by atoms with Crippen LogP contribution in [-0.4, -0.2) is 4.98 Å². The van der Waals surface area contributed by atoms with Crippen LogP contribution in [0.25, 0.3) is 10.9 Å². The molecule has 2 aromatic rings. The van der Waals surface area contributed by atoms with Crippen molar-refractivity contribution < 1.29 is 17.6 Å². The van der Waals surface area contributed by atoms with E-state index in [0.29, 0.717) is 6.07 Å². The molecule has 0 amide bonds. The van der Waals surface area contributed by atoms with Crippen LogP contribution in [0.4, 0.5) is 23.2 Å². The second-order valence-electron chi connectivity index (χ2n) is 3.42. The normalized spacial score (nSPS) is 11.3. The van der Waals surface area contributed by atoms with E-state index in [1.807, 2.05) is 0 Å². The number of pyridine rings is 1. The molecule has 0 bridgehead atoms. The zero-order chi connectivity index (χ0) is 13.4. The van der Waals surface area contributed by atoms with Crippen molar-refractivity contribution in [3.05, 3.63) is 33.9 Å². The quantitative estimate of drug-likeness (QED) is 0.385. The highest BCUT2D eigenvalue weighted by molar-refractivity contribution is 9.10. The molecule has 0 atom stereocenters. The van der Waals surface area contributed by atoms with Crippen molar-refractivity contribution in [3.63, 3.8) is 0 Å². The van der Waals surface area contributed by atoms with E-state index in [0.717, 1.165) is 6.07 Å². The Morgan fingerprint density at radius 1 is 1.22 bits per heavy atom. The Morgan fingerprint density at radius 2 is 1.89 bits per heavy atom. The highest BCUT2D eigenvalue weighted by Crippen LogP contribution is 2.35. The molecule has 1 aromatic heterocycles. The Labute approximate surface area is 107 Å². The average molecular weight is 324 g/mol. The molecule has 18 heavy (non-hydrogen) atoms. The van der Waals surface area contributed by atoms with Gasteiger partial charge in [0.2, 0.25) is 0 Å². The van der Waals surface area contributed by atoms with E-state index in [2.05, 4.69) is 26.3 Å². The topological polar surface area (TPSA) is 50.9 Å². The predicted molar refractivity (Wildman–Crippen MR) is 62.1 cm³/mol. The fourth-order valence-electron chi connectivity index (χ4n) is 1.55. The minimum Gasteiger partial charge on any atom is -0.323 e. The number of fused-ring (bicyclic) bond motifs is 1. The second kappa shape index (κ2) is 4.69. The predicted octanol–water partition coefficient (Wildman–Crippen LogP) is 3.50. The van der Waals surface area contributed by atoms with Crippen LogP contribution in [-0.2, 0) is 0 Å². The Balaban J connectivity index is 2.91. The van der Waals surface area contributed by atoms with Gasteiger partial charge in [0.15, 0.2) is 5.82 Å². The van der Waals surface area contributed by atoms with Crippen LogP contribution >= 0.6 is 15.9 Å². The number of alkyl halides is 2. The maximum absolute atomic E-state index is 13.5. The fraction of sp³-hybridized carbons (Fsp3) is 0.100. The summed E-state index contributed by atoms with van der Waals surface area (Å²) in [5.41, 5.74) is 1.06. The van der Waals surface area contributed by atoms with Crippen LogP contribution in [0.1, 0.15) is 12.1 Å². The van der Waals surface area contributed by atoms with Crippen molar-refractivity contribution in [1.82, 2.24) is 4.98 Å². The number of benzene rings is 1. The van der Waals surface area contributed by atoms with Gasteiger partial charge in [0, 0.05) is 11.5 Å². The Hall–Kier alpha value is -1.41. The average Bonchev–Trinajstić information content (AvgIpc) is 2.34. The highest BCUT2D eigenvalue weighted by atomic mass is 79.9. The lowest BCUT2D eigenvalue weighted by Crippen LogP contribution is -2.09. The first kappa shape index (κ1) is 13.0. The molecule has 96 valence electrons. The van der Waals surface area contributed by atoms with Crippen molar-refractivity contribution in [2.45, 2.75) is 6.43 Å². The molecule has 0 unspecified atom stereocenters. The summed E-state index contributed by atoms with van der Waals surface area (Å²) >= 11 is 2.90. The molecule has 0 aliphatic rings. The van der Waals surface area contributed by atoms with Crippen LogP contribution in [0.3, 0.4) is 0 Å². The van der Waals surface area contributed by atoms with Crippen LogP contribution in [0, 0.1) is 11.6 Å². The third kappa shape index (κ3) is 2.01. The molecular weight excluding hydrogens is 318 g/mol. The number of halogens is 5. The smallest absolute Gasteiger partial charge is 0.280 e. The Bertz CT molecular complexity index is 618. The zero-order valence-corrected chi connectivity index (χ0v) is 10.2. The van der Waals surface area contributed by atoms with Gasteiger partial charge >= 0.3 is 0 Å². The van der Waals surface area contributed by atoms with E-state index in [9.17, 15) is 17.6 Å². The maximum atomic E-state index is 13.5. The molecule has 2 rings (SSSR count). The minimum atomic E-state index is -2.88. The highest BCUT2D eigenvalue weighted by Gasteiger charge is 2.19. The van der Waals surface area contributed by atoms with Crippen molar-refractivity contribution in [2.24, 2.45) is 5.84 Å². The van der Waals surface area contributed by atoms with E-state index in [1.54, 1.807) is 0 Å². The standard InChI is InChI=1S/C10H6BrF4N3/c11-8-3(12)1-4(13)9-7(8)5(18-16)2-6(17-9)10(14)15/h1-2,10H,16H2,(H,17,18). The molecule has 0 aliphatic heterocycles. The van der Waals surface area contributed by atoms with Gasteiger partial charge in [-0.25, -0.2) is 22.5 Å². The first-order chi connectivity index (χ1) is 8.45. The number of aromatic nitrogens is 1. The SMILES string of the molecule is NNc1cc(C(F)F)nc2c(F)cc(F)c(Br)c12. The number of nitrogens with zero attached hydrogens (tertiary/aromatic N) is 1. The number of anilines is 1. The fourth-order valence-corrected chi connectivity index (χ4v) is 2.06. The van der Waals surface area contributed by atoms with Gasteiger partial charge in [-0.05, 0) is 22.0 Å². The molecule has 3 N–H and O–H groups in total. The lowest BCUT2D eigenvalue weighted by atomic mass is 10.1. The number of hydrogen-bond donors (Lipinski definition) is 2. The van der Waals surface area contributed by atoms with Gasteiger partial charge in [-0.3, -0.25) is 5.84 Å². The summed E-state index contributed by atoms with van der Waals surface area (Å²) in [4.78, 5) is 3.47. The van der Waals surface area contributed by atoms with Gasteiger partial charge in [0.05, 0.1) is 10.2 Å². The summed E-state index contributed by atoms with van der Waals surface area (Å²) in [6.07, 6.45) is -2.88. The lowest BCUT2D eigenvalue weighted by molar-refractivity contribution is 0.146. The molecule has 0 radical (unpaired) electrons. The van der Waals surface area contributed by atoms with Gasteiger partial charge < -0.3 is 5.43 Å². The molecule has 0 saturated heterocycles. The third-order valence-electron chi connectivity index (χ3n) is 2.33. The van der Waals surface area contributed by atoms with Crippen LogP contribution in [0.15, 0.2) is 16.6 Å². The van der Waals surface area contributed by atoms with Crippen molar-refractivity contribution in [2.75, 3.05) is 5.43 Å². The first-order valence-corrected chi connectivity index (χ1v) is 5.48. The summed E-state index contributed by atoms with van der Waals surface area (Å²) in [6, 6.07) is 1.51. The molecule has 8 heteroatoms. The van der Waals surface area contributed by atoms with Gasteiger partial charge in [0.1, 0.15) is 17.0 Å². The van der Waals surface area contributed by atoms with Gasteiger partial charge in [-0.2, -0.15) is 0 Å². The van der Waals surface area contributed by atoms with Crippen molar-refractivity contribution >= 4 is 32.5 Å².